The second-order valence-corrected chi connectivity index (χ2v) is 6.64. The number of fused-ring (bicyclic) bond motifs is 1. The summed E-state index contributed by atoms with van der Waals surface area (Å²) in [5.74, 6) is 1.14. The minimum atomic E-state index is 0.325. The molecule has 1 fully saturated rings. The highest BCUT2D eigenvalue weighted by molar-refractivity contribution is 6.03. The Hall–Kier alpha value is -3.19. The minimum Gasteiger partial charge on any atom is -0.435 e. The molecule has 1 aliphatic heterocycles. The van der Waals surface area contributed by atoms with E-state index in [1.54, 1.807) is 18.3 Å². The van der Waals surface area contributed by atoms with Crippen LogP contribution in [-0.2, 0) is 0 Å². The molecule has 7 nitrogen and oxygen atoms in total. The quantitative estimate of drug-likeness (QED) is 0.681. The van der Waals surface area contributed by atoms with Crippen LogP contribution >= 0.6 is 0 Å². The third-order valence-corrected chi connectivity index (χ3v) is 4.71. The fourth-order valence-corrected chi connectivity index (χ4v) is 3.06. The van der Waals surface area contributed by atoms with E-state index < -0.39 is 0 Å². The Morgan fingerprint density at radius 3 is 2.89 bits per heavy atom. The number of hydrogen-bond donors (Lipinski definition) is 2. The van der Waals surface area contributed by atoms with Crippen molar-refractivity contribution < 1.29 is 4.42 Å². The summed E-state index contributed by atoms with van der Waals surface area (Å²) in [6, 6.07) is 6.15. The number of allylic oxidation sites excluding steroid dienone is 2. The number of hydrogen-bond acceptors (Lipinski definition) is 6. The summed E-state index contributed by atoms with van der Waals surface area (Å²) in [5, 5.41) is 7.56. The predicted molar refractivity (Wildman–Crippen MR) is 108 cm³/mol. The lowest BCUT2D eigenvalue weighted by molar-refractivity contribution is 0.313. The lowest BCUT2D eigenvalue weighted by Gasteiger charge is -2.33. The van der Waals surface area contributed by atoms with Crippen molar-refractivity contribution in [3.63, 3.8) is 0 Å². The Labute approximate surface area is 157 Å². The molecular weight excluding hydrogens is 340 g/mol. The van der Waals surface area contributed by atoms with Crippen LogP contribution in [0.15, 0.2) is 47.5 Å². The maximum absolute atomic E-state index is 7.56. The molecule has 0 unspecified atom stereocenters. The third kappa shape index (κ3) is 3.68. The van der Waals surface area contributed by atoms with Crippen molar-refractivity contribution in [3.8, 4) is 11.6 Å². The average Bonchev–Trinajstić information content (AvgIpc) is 3.32. The summed E-state index contributed by atoms with van der Waals surface area (Å²) in [6.45, 7) is 7.71. The number of rotatable bonds is 5. The Balaban J connectivity index is 1.57. The summed E-state index contributed by atoms with van der Waals surface area (Å²) >= 11 is 0. The summed E-state index contributed by atoms with van der Waals surface area (Å²) in [6.07, 6.45) is 6.51. The summed E-state index contributed by atoms with van der Waals surface area (Å²) in [5.41, 5.74) is 3.78. The van der Waals surface area contributed by atoms with Crippen LogP contribution in [0.4, 0.5) is 5.69 Å². The first kappa shape index (κ1) is 17.2. The molecule has 0 bridgehead atoms. The molecule has 3 heterocycles. The molecule has 0 saturated carbocycles. The lowest BCUT2D eigenvalue weighted by Crippen LogP contribution is -2.44. The van der Waals surface area contributed by atoms with Crippen molar-refractivity contribution >= 4 is 28.6 Å². The number of benzene rings is 1. The first-order valence-electron chi connectivity index (χ1n) is 8.91. The smallest absolute Gasteiger partial charge is 0.245 e. The van der Waals surface area contributed by atoms with Crippen molar-refractivity contribution in [2.24, 2.45) is 0 Å². The lowest BCUT2D eigenvalue weighted by atomic mass is 10.2. The van der Waals surface area contributed by atoms with Gasteiger partial charge < -0.3 is 24.6 Å². The van der Waals surface area contributed by atoms with E-state index in [9.17, 15) is 0 Å². The van der Waals surface area contributed by atoms with Crippen molar-refractivity contribution in [2.75, 3.05) is 38.1 Å². The van der Waals surface area contributed by atoms with Crippen LogP contribution < -0.4 is 4.90 Å². The van der Waals surface area contributed by atoms with E-state index in [0.717, 1.165) is 43.0 Å². The summed E-state index contributed by atoms with van der Waals surface area (Å²) in [4.78, 5) is 16.7. The molecule has 0 spiro atoms. The van der Waals surface area contributed by atoms with E-state index in [1.807, 2.05) is 6.07 Å². The molecule has 138 valence electrons. The van der Waals surface area contributed by atoms with Crippen LogP contribution in [0.5, 0.6) is 0 Å². The molecule has 27 heavy (non-hydrogen) atoms. The number of nitrogens with one attached hydrogen (secondary N) is 2. The van der Waals surface area contributed by atoms with Gasteiger partial charge in [0, 0.05) is 37.9 Å². The van der Waals surface area contributed by atoms with Crippen molar-refractivity contribution in [2.45, 2.75) is 0 Å². The largest absolute Gasteiger partial charge is 0.435 e. The van der Waals surface area contributed by atoms with Crippen LogP contribution in [0.3, 0.4) is 0 Å². The topological polar surface area (TPSA) is 85.0 Å². The molecule has 0 aliphatic carbocycles. The number of imidazole rings is 1. The SMILES string of the molecule is C=CC(=N)/C=C\c1ncc(-c2nc3ccc(N4CCN(C)CC4)cc3o2)[nH]1. The van der Waals surface area contributed by atoms with Crippen LogP contribution in [0.25, 0.3) is 28.8 Å². The minimum absolute atomic E-state index is 0.325. The monoisotopic (exact) mass is 362 g/mol. The van der Waals surface area contributed by atoms with E-state index in [-0.39, 0.29) is 0 Å². The molecular formula is C20H22N6O. The van der Waals surface area contributed by atoms with E-state index in [1.165, 1.54) is 6.08 Å². The van der Waals surface area contributed by atoms with Gasteiger partial charge in [0.05, 0.1) is 11.9 Å². The summed E-state index contributed by atoms with van der Waals surface area (Å²) < 4.78 is 5.96. The molecule has 2 N–H and O–H groups in total. The highest BCUT2D eigenvalue weighted by atomic mass is 16.3. The number of oxazole rings is 1. The van der Waals surface area contributed by atoms with Gasteiger partial charge in [0.15, 0.2) is 5.58 Å². The van der Waals surface area contributed by atoms with Gasteiger partial charge in [0.1, 0.15) is 17.0 Å². The van der Waals surface area contributed by atoms with E-state index >= 15 is 0 Å². The Bertz CT molecular complexity index is 1010. The number of anilines is 1. The number of H-pyrrole nitrogens is 1. The molecule has 1 aliphatic rings. The van der Waals surface area contributed by atoms with Crippen molar-refractivity contribution in [1.29, 1.82) is 5.41 Å². The van der Waals surface area contributed by atoms with Gasteiger partial charge >= 0.3 is 0 Å². The molecule has 7 heteroatoms. The number of aromatic amines is 1. The fraction of sp³-hybridized carbons (Fsp3) is 0.250. The number of nitrogens with zero attached hydrogens (tertiary/aromatic N) is 4. The number of aromatic nitrogens is 3. The van der Waals surface area contributed by atoms with Gasteiger partial charge in [-0.2, -0.15) is 0 Å². The van der Waals surface area contributed by atoms with Crippen LogP contribution in [-0.4, -0.2) is 58.8 Å². The Kier molecular flexibility index (Phi) is 4.60. The maximum Gasteiger partial charge on any atom is 0.245 e. The average molecular weight is 362 g/mol. The van der Waals surface area contributed by atoms with Gasteiger partial charge in [-0.25, -0.2) is 9.97 Å². The number of likely N-dealkylation sites (N-methyl/N-ethyl adjacent to an activating group) is 1. The van der Waals surface area contributed by atoms with Gasteiger partial charge in [0.2, 0.25) is 5.89 Å². The molecule has 0 atom stereocenters. The van der Waals surface area contributed by atoms with Gasteiger partial charge in [-0.05, 0) is 37.4 Å². The Morgan fingerprint density at radius 1 is 1.30 bits per heavy atom. The highest BCUT2D eigenvalue weighted by Gasteiger charge is 2.16. The zero-order valence-electron chi connectivity index (χ0n) is 15.3. The first-order chi connectivity index (χ1) is 13.1. The zero-order valence-corrected chi connectivity index (χ0v) is 15.3. The van der Waals surface area contributed by atoms with Crippen LogP contribution in [0.1, 0.15) is 5.82 Å². The first-order valence-corrected chi connectivity index (χ1v) is 8.91. The fourth-order valence-electron chi connectivity index (χ4n) is 3.06. The highest BCUT2D eigenvalue weighted by Crippen LogP contribution is 2.27. The molecule has 4 rings (SSSR count). The Morgan fingerprint density at radius 2 is 2.11 bits per heavy atom. The maximum atomic E-state index is 7.56. The van der Waals surface area contributed by atoms with Gasteiger partial charge in [0.25, 0.3) is 0 Å². The normalized spacial score (nSPS) is 15.7. The van der Waals surface area contributed by atoms with Crippen LogP contribution in [0, 0.1) is 5.41 Å². The molecule has 0 amide bonds. The molecule has 0 radical (unpaired) electrons. The predicted octanol–water partition coefficient (Wildman–Crippen LogP) is 3.19. The van der Waals surface area contributed by atoms with Crippen molar-refractivity contribution in [3.05, 3.63) is 49.0 Å². The van der Waals surface area contributed by atoms with E-state index in [2.05, 4.69) is 50.5 Å². The van der Waals surface area contributed by atoms with Gasteiger partial charge in [-0.15, -0.1) is 0 Å². The second kappa shape index (κ2) is 7.20. The zero-order chi connectivity index (χ0) is 18.8. The molecule has 2 aromatic heterocycles. The van der Waals surface area contributed by atoms with E-state index in [4.69, 9.17) is 9.83 Å². The molecule has 1 aromatic carbocycles. The number of piperazine rings is 1. The second-order valence-electron chi connectivity index (χ2n) is 6.64. The van der Waals surface area contributed by atoms with Crippen molar-refractivity contribution in [1.82, 2.24) is 19.9 Å². The van der Waals surface area contributed by atoms with Crippen LogP contribution in [0.2, 0.25) is 0 Å². The third-order valence-electron chi connectivity index (χ3n) is 4.71. The van der Waals surface area contributed by atoms with E-state index in [0.29, 0.717) is 23.1 Å². The molecule has 3 aromatic rings. The standard InChI is InChI=1S/C20H22N6O/c1-3-14(21)4-7-19-22-13-17(23-19)20-24-16-6-5-15(12-18(16)27-20)26-10-8-25(2)9-11-26/h3-7,12-13,21H,1,8-11H2,2H3,(H,22,23)/b7-4-,21-14?. The van der Waals surface area contributed by atoms with Gasteiger partial charge in [-0.1, -0.05) is 6.58 Å². The summed E-state index contributed by atoms with van der Waals surface area (Å²) in [7, 11) is 2.15. The molecule has 1 saturated heterocycles. The van der Waals surface area contributed by atoms with Gasteiger partial charge in [-0.3, -0.25) is 0 Å².